The van der Waals surface area contributed by atoms with Crippen LogP contribution in [-0.2, 0) is 19.9 Å². The number of nitrogens with one attached hydrogen (secondary N) is 1. The number of benzene rings is 1. The highest BCUT2D eigenvalue weighted by Gasteiger charge is 2.17. The highest BCUT2D eigenvalue weighted by atomic mass is 35.5. The maximum absolute atomic E-state index is 6.11. The van der Waals surface area contributed by atoms with E-state index in [9.17, 15) is 0 Å². The van der Waals surface area contributed by atoms with Gasteiger partial charge < -0.3 is 10.1 Å². The number of ether oxygens (including phenoxy) is 1. The molecule has 0 bridgehead atoms. The smallest absolute Gasteiger partial charge is 0.122 e. The lowest BCUT2D eigenvalue weighted by molar-refractivity contribution is 0.405. The van der Waals surface area contributed by atoms with Gasteiger partial charge in [0, 0.05) is 12.1 Å². The van der Waals surface area contributed by atoms with Crippen LogP contribution in [0.5, 0.6) is 5.75 Å². The van der Waals surface area contributed by atoms with Crippen molar-refractivity contribution in [2.45, 2.75) is 25.8 Å². The lowest BCUT2D eigenvalue weighted by Gasteiger charge is -2.18. The molecule has 1 aromatic heterocycles. The summed E-state index contributed by atoms with van der Waals surface area (Å²) < 4.78 is 7.37. The molecule has 0 spiro atoms. The number of rotatable bonds is 6. The van der Waals surface area contributed by atoms with E-state index in [-0.39, 0.29) is 6.04 Å². The molecule has 0 aliphatic carbocycles. The molecule has 0 aliphatic heterocycles. The first kappa shape index (κ1) is 15.9. The van der Waals surface area contributed by atoms with Gasteiger partial charge in [-0.15, -0.1) is 0 Å². The summed E-state index contributed by atoms with van der Waals surface area (Å²) in [4.78, 5) is 0. The van der Waals surface area contributed by atoms with Gasteiger partial charge in [0.05, 0.1) is 24.5 Å². The molecule has 0 fully saturated rings. The molecule has 1 aromatic carbocycles. The molecule has 4 nitrogen and oxygen atoms in total. The summed E-state index contributed by atoms with van der Waals surface area (Å²) in [7, 11) is 5.62. The second kappa shape index (κ2) is 6.96. The van der Waals surface area contributed by atoms with Crippen molar-refractivity contribution in [3.8, 4) is 5.75 Å². The van der Waals surface area contributed by atoms with Crippen LogP contribution in [0.1, 0.15) is 29.9 Å². The van der Waals surface area contributed by atoms with Crippen molar-refractivity contribution in [1.82, 2.24) is 15.1 Å². The minimum absolute atomic E-state index is 0.162. The lowest BCUT2D eigenvalue weighted by atomic mass is 10.0. The Balaban J connectivity index is 2.30. The van der Waals surface area contributed by atoms with E-state index in [1.807, 2.05) is 37.0 Å². The average molecular weight is 308 g/mol. The minimum Gasteiger partial charge on any atom is -0.496 e. The molecule has 0 saturated carbocycles. The number of nitrogens with zero attached hydrogens (tertiary/aromatic N) is 2. The van der Waals surface area contributed by atoms with Crippen LogP contribution >= 0.6 is 11.6 Å². The van der Waals surface area contributed by atoms with Crippen LogP contribution in [0.4, 0.5) is 0 Å². The quantitative estimate of drug-likeness (QED) is 0.891. The van der Waals surface area contributed by atoms with Crippen molar-refractivity contribution in [3.05, 3.63) is 46.2 Å². The molecule has 21 heavy (non-hydrogen) atoms. The average Bonchev–Trinajstić information content (AvgIpc) is 2.86. The molecule has 0 radical (unpaired) electrons. The number of aryl methyl sites for hydroxylation is 2. The molecule has 0 aliphatic rings. The van der Waals surface area contributed by atoms with Crippen LogP contribution in [0.15, 0.2) is 24.3 Å². The Bertz CT molecular complexity index is 610. The van der Waals surface area contributed by atoms with Gasteiger partial charge in [-0.1, -0.05) is 18.5 Å². The van der Waals surface area contributed by atoms with Gasteiger partial charge in [-0.3, -0.25) is 4.68 Å². The third-order valence-electron chi connectivity index (χ3n) is 3.70. The molecule has 1 heterocycles. The van der Waals surface area contributed by atoms with Crippen LogP contribution < -0.4 is 10.1 Å². The van der Waals surface area contributed by atoms with E-state index in [0.29, 0.717) is 0 Å². The number of methoxy groups -OCH3 is 1. The van der Waals surface area contributed by atoms with Crippen molar-refractivity contribution in [1.29, 1.82) is 0 Å². The summed E-state index contributed by atoms with van der Waals surface area (Å²) in [5.41, 5.74) is 3.35. The van der Waals surface area contributed by atoms with E-state index >= 15 is 0 Å². The predicted molar refractivity (Wildman–Crippen MR) is 86.1 cm³/mol. The SMILES string of the molecule is CCc1cc(C(Cc2cc(Cl)ccc2OC)NC)n(C)n1. The number of likely N-dealkylation sites (N-methyl/N-ethyl adjacent to an activating group) is 1. The summed E-state index contributed by atoms with van der Waals surface area (Å²) in [5.74, 6) is 0.859. The third-order valence-corrected chi connectivity index (χ3v) is 3.94. The third kappa shape index (κ3) is 3.57. The zero-order chi connectivity index (χ0) is 15.4. The van der Waals surface area contributed by atoms with Crippen LogP contribution in [0.3, 0.4) is 0 Å². The molecule has 1 N–H and O–H groups in total. The first-order valence-corrected chi connectivity index (χ1v) is 7.49. The predicted octanol–water partition coefficient (Wildman–Crippen LogP) is 3.15. The van der Waals surface area contributed by atoms with E-state index in [4.69, 9.17) is 16.3 Å². The molecule has 5 heteroatoms. The second-order valence-electron chi connectivity index (χ2n) is 5.04. The van der Waals surface area contributed by atoms with Gasteiger partial charge in [0.2, 0.25) is 0 Å². The number of hydrogen-bond acceptors (Lipinski definition) is 3. The van der Waals surface area contributed by atoms with Crippen LogP contribution in [-0.4, -0.2) is 23.9 Å². The first-order valence-electron chi connectivity index (χ1n) is 7.11. The van der Waals surface area contributed by atoms with Gasteiger partial charge in [-0.05, 0) is 49.7 Å². The second-order valence-corrected chi connectivity index (χ2v) is 5.48. The number of halogens is 1. The van der Waals surface area contributed by atoms with Gasteiger partial charge in [-0.2, -0.15) is 5.10 Å². The zero-order valence-electron chi connectivity index (χ0n) is 13.0. The largest absolute Gasteiger partial charge is 0.496 e. The maximum atomic E-state index is 6.11. The molecule has 2 rings (SSSR count). The Morgan fingerprint density at radius 1 is 1.38 bits per heavy atom. The van der Waals surface area contributed by atoms with Crippen molar-refractivity contribution in [2.24, 2.45) is 7.05 Å². The Kier molecular flexibility index (Phi) is 5.26. The van der Waals surface area contributed by atoms with Gasteiger partial charge in [-0.25, -0.2) is 0 Å². The van der Waals surface area contributed by atoms with Gasteiger partial charge >= 0.3 is 0 Å². The monoisotopic (exact) mass is 307 g/mol. The Morgan fingerprint density at radius 3 is 2.71 bits per heavy atom. The van der Waals surface area contributed by atoms with Gasteiger partial charge in [0.1, 0.15) is 5.75 Å². The molecule has 0 amide bonds. The summed E-state index contributed by atoms with van der Waals surface area (Å²) in [6, 6.07) is 8.03. The Hall–Kier alpha value is -1.52. The van der Waals surface area contributed by atoms with Crippen molar-refractivity contribution < 1.29 is 4.74 Å². The normalized spacial score (nSPS) is 12.4. The summed E-state index contributed by atoms with van der Waals surface area (Å²) in [5, 5.41) is 8.60. The molecule has 0 saturated heterocycles. The lowest BCUT2D eigenvalue weighted by Crippen LogP contribution is -2.21. The molecule has 1 unspecified atom stereocenters. The highest BCUT2D eigenvalue weighted by molar-refractivity contribution is 6.30. The van der Waals surface area contributed by atoms with E-state index in [1.165, 1.54) is 0 Å². The zero-order valence-corrected chi connectivity index (χ0v) is 13.7. The number of aromatic nitrogens is 2. The minimum atomic E-state index is 0.162. The van der Waals surface area contributed by atoms with Crippen LogP contribution in [0, 0.1) is 0 Å². The molecule has 1 atom stereocenters. The molecular weight excluding hydrogens is 286 g/mol. The van der Waals surface area contributed by atoms with Gasteiger partial charge in [0.15, 0.2) is 0 Å². The van der Waals surface area contributed by atoms with E-state index in [2.05, 4.69) is 23.4 Å². The topological polar surface area (TPSA) is 39.1 Å². The van der Waals surface area contributed by atoms with E-state index in [0.717, 1.165) is 40.6 Å². The van der Waals surface area contributed by atoms with Crippen LogP contribution in [0.2, 0.25) is 5.02 Å². The fourth-order valence-electron chi connectivity index (χ4n) is 2.52. The molecule has 114 valence electrons. The summed E-state index contributed by atoms with van der Waals surface area (Å²) >= 11 is 6.11. The van der Waals surface area contributed by atoms with Crippen molar-refractivity contribution in [3.63, 3.8) is 0 Å². The van der Waals surface area contributed by atoms with E-state index in [1.54, 1.807) is 7.11 Å². The van der Waals surface area contributed by atoms with Gasteiger partial charge in [0.25, 0.3) is 0 Å². The Morgan fingerprint density at radius 2 is 2.14 bits per heavy atom. The molecular formula is C16H22ClN3O. The first-order chi connectivity index (χ1) is 10.1. The number of hydrogen-bond donors (Lipinski definition) is 1. The Labute approximate surface area is 131 Å². The highest BCUT2D eigenvalue weighted by Crippen LogP contribution is 2.28. The van der Waals surface area contributed by atoms with Crippen LogP contribution in [0.25, 0.3) is 0 Å². The standard InChI is InChI=1S/C16H22ClN3O/c1-5-13-10-15(20(3)19-13)14(18-2)9-11-8-12(17)6-7-16(11)21-4/h6-8,10,14,18H,5,9H2,1-4H3. The maximum Gasteiger partial charge on any atom is 0.122 e. The fraction of sp³-hybridized carbons (Fsp3) is 0.438. The van der Waals surface area contributed by atoms with Crippen molar-refractivity contribution in [2.75, 3.05) is 14.2 Å². The van der Waals surface area contributed by atoms with E-state index < -0.39 is 0 Å². The summed E-state index contributed by atoms with van der Waals surface area (Å²) in [6.07, 6.45) is 1.73. The molecule has 2 aromatic rings. The fourth-order valence-corrected chi connectivity index (χ4v) is 2.72. The summed E-state index contributed by atoms with van der Waals surface area (Å²) in [6.45, 7) is 2.11. The van der Waals surface area contributed by atoms with Crippen molar-refractivity contribution >= 4 is 11.6 Å².